The van der Waals surface area contributed by atoms with Gasteiger partial charge in [0.25, 0.3) is 0 Å². The van der Waals surface area contributed by atoms with Gasteiger partial charge >= 0.3 is 5.69 Å². The first-order valence-corrected chi connectivity index (χ1v) is 6.97. The number of nitrogens with one attached hydrogen (secondary N) is 1. The number of hydrogen-bond donors (Lipinski definition) is 1. The molecular weight excluding hydrogens is 260 g/mol. The number of imidazole rings is 1. The number of aromatic amines is 1. The van der Waals surface area contributed by atoms with Crippen LogP contribution < -0.4 is 5.69 Å². The van der Waals surface area contributed by atoms with Crippen LogP contribution in [-0.4, -0.2) is 19.1 Å². The van der Waals surface area contributed by atoms with Crippen molar-refractivity contribution in [2.75, 3.05) is 0 Å². The molecule has 100 valence electrons. The number of aromatic nitrogens is 4. The minimum atomic E-state index is -0.0729. The molecule has 0 aliphatic heterocycles. The molecule has 0 amide bonds. The lowest BCUT2D eigenvalue weighted by Crippen LogP contribution is -2.27. The highest BCUT2D eigenvalue weighted by atomic mass is 32.1. The van der Waals surface area contributed by atoms with Gasteiger partial charge in [0.05, 0.1) is 6.33 Å². The summed E-state index contributed by atoms with van der Waals surface area (Å²) in [6.07, 6.45) is 9.46. The Balaban J connectivity index is 1.80. The van der Waals surface area contributed by atoms with E-state index in [0.717, 1.165) is 50.0 Å². The summed E-state index contributed by atoms with van der Waals surface area (Å²) in [6.45, 7) is 1.60. The van der Waals surface area contributed by atoms with Crippen molar-refractivity contribution in [1.82, 2.24) is 19.1 Å². The third-order valence-electron chi connectivity index (χ3n) is 3.61. The zero-order valence-electron chi connectivity index (χ0n) is 10.6. The minimum absolute atomic E-state index is 0.0729. The van der Waals surface area contributed by atoms with Crippen molar-refractivity contribution in [3.05, 3.63) is 45.1 Å². The molecular formula is C13H16N4OS. The molecule has 0 bridgehead atoms. The number of rotatable bonds is 4. The molecule has 0 atom stereocenters. The molecule has 5 nitrogen and oxygen atoms in total. The van der Waals surface area contributed by atoms with Gasteiger partial charge in [-0.3, -0.25) is 9.55 Å². The lowest BCUT2D eigenvalue weighted by Gasteiger charge is -2.11. The Bertz CT molecular complexity index is 684. The van der Waals surface area contributed by atoms with Gasteiger partial charge in [-0.1, -0.05) is 12.2 Å². The van der Waals surface area contributed by atoms with Crippen LogP contribution in [0.5, 0.6) is 0 Å². The summed E-state index contributed by atoms with van der Waals surface area (Å²) in [5.74, 6) is 0. The van der Waals surface area contributed by atoms with Crippen LogP contribution in [0.25, 0.3) is 0 Å². The van der Waals surface area contributed by atoms with E-state index in [-0.39, 0.29) is 5.69 Å². The van der Waals surface area contributed by atoms with E-state index in [9.17, 15) is 4.79 Å². The van der Waals surface area contributed by atoms with E-state index in [1.165, 1.54) is 0 Å². The minimum Gasteiger partial charge on any atom is -0.337 e. The number of aryl methyl sites for hydroxylation is 1. The summed E-state index contributed by atoms with van der Waals surface area (Å²) in [7, 11) is 0. The molecule has 0 spiro atoms. The molecule has 0 radical (unpaired) electrons. The average Bonchev–Trinajstić information content (AvgIpc) is 3.04. The number of hydrogen-bond acceptors (Lipinski definition) is 3. The van der Waals surface area contributed by atoms with E-state index in [2.05, 4.69) is 9.97 Å². The Morgan fingerprint density at radius 2 is 2.26 bits per heavy atom. The van der Waals surface area contributed by atoms with Gasteiger partial charge in [0.1, 0.15) is 4.64 Å². The second-order valence-corrected chi connectivity index (χ2v) is 5.25. The number of H-pyrrole nitrogens is 1. The Kier molecular flexibility index (Phi) is 3.33. The van der Waals surface area contributed by atoms with Gasteiger partial charge in [-0.25, -0.2) is 9.78 Å². The zero-order chi connectivity index (χ0) is 13.2. The Hall–Kier alpha value is -1.69. The molecule has 0 unspecified atom stereocenters. The molecule has 0 aromatic carbocycles. The molecule has 1 aliphatic carbocycles. The molecule has 2 aromatic rings. The first-order chi connectivity index (χ1) is 9.25. The topological polar surface area (TPSA) is 55.6 Å². The number of fused-ring (bicyclic) bond motifs is 1. The van der Waals surface area contributed by atoms with Crippen molar-refractivity contribution in [3.8, 4) is 0 Å². The highest BCUT2D eigenvalue weighted by Crippen LogP contribution is 2.20. The number of nitrogens with zero attached hydrogens (tertiary/aromatic N) is 3. The Morgan fingerprint density at radius 1 is 1.37 bits per heavy atom. The van der Waals surface area contributed by atoms with Crippen molar-refractivity contribution in [2.45, 2.75) is 38.8 Å². The van der Waals surface area contributed by atoms with E-state index in [1.54, 1.807) is 12.5 Å². The van der Waals surface area contributed by atoms with E-state index >= 15 is 0 Å². The predicted molar refractivity (Wildman–Crippen MR) is 74.8 cm³/mol. The Morgan fingerprint density at radius 3 is 3.05 bits per heavy atom. The average molecular weight is 276 g/mol. The lowest BCUT2D eigenvalue weighted by atomic mass is 10.2. The van der Waals surface area contributed by atoms with Crippen LogP contribution in [0.15, 0.2) is 23.5 Å². The summed E-state index contributed by atoms with van der Waals surface area (Å²) in [6, 6.07) is 0. The summed E-state index contributed by atoms with van der Waals surface area (Å²) in [5, 5.41) is 0. The molecule has 0 fully saturated rings. The first-order valence-electron chi connectivity index (χ1n) is 6.56. The maximum absolute atomic E-state index is 12.0. The second-order valence-electron chi connectivity index (χ2n) is 4.84. The summed E-state index contributed by atoms with van der Waals surface area (Å²) < 4.78 is 4.51. The largest absolute Gasteiger partial charge is 0.337 e. The van der Waals surface area contributed by atoms with Gasteiger partial charge in [0.15, 0.2) is 0 Å². The van der Waals surface area contributed by atoms with Gasteiger partial charge in [-0.05, 0) is 25.7 Å². The van der Waals surface area contributed by atoms with Crippen molar-refractivity contribution >= 4 is 12.2 Å². The third-order valence-corrected chi connectivity index (χ3v) is 3.96. The monoisotopic (exact) mass is 276 g/mol. The van der Waals surface area contributed by atoms with E-state index < -0.39 is 0 Å². The normalized spacial score (nSPS) is 13.7. The van der Waals surface area contributed by atoms with Gasteiger partial charge in [-0.15, -0.1) is 0 Å². The summed E-state index contributed by atoms with van der Waals surface area (Å²) >= 11 is 5.22. The van der Waals surface area contributed by atoms with Crippen molar-refractivity contribution in [3.63, 3.8) is 0 Å². The zero-order valence-corrected chi connectivity index (χ0v) is 11.4. The summed E-state index contributed by atoms with van der Waals surface area (Å²) in [4.78, 5) is 18.8. The molecule has 1 N–H and O–H groups in total. The van der Waals surface area contributed by atoms with Crippen molar-refractivity contribution < 1.29 is 0 Å². The highest BCUT2D eigenvalue weighted by molar-refractivity contribution is 7.71. The van der Waals surface area contributed by atoms with Crippen LogP contribution >= 0.6 is 12.2 Å². The molecule has 3 rings (SSSR count). The molecule has 1 aliphatic rings. The molecule has 0 saturated carbocycles. The van der Waals surface area contributed by atoms with Crippen LogP contribution in [-0.2, 0) is 25.9 Å². The van der Waals surface area contributed by atoms with Gasteiger partial charge in [0, 0.05) is 36.7 Å². The third kappa shape index (κ3) is 2.40. The fraction of sp³-hybridized carbons (Fsp3) is 0.462. The molecule has 19 heavy (non-hydrogen) atoms. The summed E-state index contributed by atoms with van der Waals surface area (Å²) in [5.41, 5.74) is 2.23. The standard InChI is InChI=1S/C13H16N4OS/c18-13-15-12(19)10-3-1-4-11(10)17(13)7-2-6-16-8-5-14-9-16/h5,8-9H,1-4,6-7H2,(H,15,18,19). The lowest BCUT2D eigenvalue weighted by molar-refractivity contribution is 0.531. The second kappa shape index (κ2) is 5.13. The fourth-order valence-corrected chi connectivity index (χ4v) is 3.01. The SMILES string of the molecule is O=c1[nH]c(=S)c2c(n1CCCn1ccnc1)CCC2. The maximum Gasteiger partial charge on any atom is 0.326 e. The highest BCUT2D eigenvalue weighted by Gasteiger charge is 2.17. The molecule has 2 aromatic heterocycles. The molecule has 0 saturated heterocycles. The van der Waals surface area contributed by atoms with Gasteiger partial charge < -0.3 is 4.57 Å². The van der Waals surface area contributed by atoms with Crippen LogP contribution in [0.3, 0.4) is 0 Å². The van der Waals surface area contributed by atoms with Crippen LogP contribution in [0.2, 0.25) is 0 Å². The van der Waals surface area contributed by atoms with Crippen molar-refractivity contribution in [2.24, 2.45) is 0 Å². The smallest absolute Gasteiger partial charge is 0.326 e. The van der Waals surface area contributed by atoms with Crippen LogP contribution in [0, 0.1) is 4.64 Å². The van der Waals surface area contributed by atoms with E-state index in [1.807, 2.05) is 15.3 Å². The Labute approximate surface area is 115 Å². The van der Waals surface area contributed by atoms with Crippen molar-refractivity contribution in [1.29, 1.82) is 0 Å². The van der Waals surface area contributed by atoms with Crippen LogP contribution in [0.1, 0.15) is 24.1 Å². The van der Waals surface area contributed by atoms with Gasteiger partial charge in [0.2, 0.25) is 0 Å². The quantitative estimate of drug-likeness (QED) is 0.864. The fourth-order valence-electron chi connectivity index (χ4n) is 2.70. The molecule has 2 heterocycles. The predicted octanol–water partition coefficient (Wildman–Crippen LogP) is 1.68. The first kappa shape index (κ1) is 12.3. The van der Waals surface area contributed by atoms with E-state index in [0.29, 0.717) is 4.64 Å². The van der Waals surface area contributed by atoms with Gasteiger partial charge in [-0.2, -0.15) is 0 Å². The van der Waals surface area contributed by atoms with E-state index in [4.69, 9.17) is 12.2 Å². The maximum atomic E-state index is 12.0. The molecule has 6 heteroatoms. The van der Waals surface area contributed by atoms with Crippen LogP contribution in [0.4, 0.5) is 0 Å².